The highest BCUT2D eigenvalue weighted by atomic mass is 16.2. The molecule has 0 bridgehead atoms. The standard InChI is InChI=1S/C9H15NO2.C2H6.H2/c1-7(11)9-3-5-10(6-4-9)8(2)12;1-2;/h9H,3-6H2,1-2H3;1-2H3;1H. The Morgan fingerprint density at radius 3 is 1.86 bits per heavy atom. The predicted octanol–water partition coefficient (Wildman–Crippen LogP) is 2.11. The van der Waals surface area contributed by atoms with Gasteiger partial charge in [-0.2, -0.15) is 0 Å². The summed E-state index contributed by atoms with van der Waals surface area (Å²) < 4.78 is 0. The van der Waals surface area contributed by atoms with Crippen LogP contribution >= 0.6 is 0 Å². The van der Waals surface area contributed by atoms with Gasteiger partial charge in [0, 0.05) is 27.4 Å². The van der Waals surface area contributed by atoms with Gasteiger partial charge in [-0.15, -0.1) is 0 Å². The van der Waals surface area contributed by atoms with Crippen LogP contribution in [-0.2, 0) is 9.59 Å². The van der Waals surface area contributed by atoms with Crippen LogP contribution in [0.4, 0.5) is 0 Å². The van der Waals surface area contributed by atoms with Crippen LogP contribution < -0.4 is 0 Å². The highest BCUT2D eigenvalue weighted by molar-refractivity contribution is 5.79. The maximum Gasteiger partial charge on any atom is 0.219 e. The van der Waals surface area contributed by atoms with Crippen LogP contribution in [0.1, 0.15) is 42.0 Å². The zero-order valence-electron chi connectivity index (χ0n) is 9.67. The molecular weight excluding hydrogens is 178 g/mol. The summed E-state index contributed by atoms with van der Waals surface area (Å²) in [5.74, 6) is 0.579. The lowest BCUT2D eigenvalue weighted by atomic mass is 9.93. The fraction of sp³-hybridized carbons (Fsp3) is 0.818. The van der Waals surface area contributed by atoms with Crippen LogP contribution in [0.2, 0.25) is 0 Å². The number of carbonyl (C=O) groups excluding carboxylic acids is 2. The lowest BCUT2D eigenvalue weighted by Crippen LogP contribution is -2.38. The molecule has 0 radical (unpaired) electrons. The van der Waals surface area contributed by atoms with Crippen LogP contribution in [0.5, 0.6) is 0 Å². The Bertz CT molecular complexity index is 177. The van der Waals surface area contributed by atoms with E-state index in [0.29, 0.717) is 0 Å². The molecule has 0 N–H and O–H groups in total. The van der Waals surface area contributed by atoms with E-state index in [1.165, 1.54) is 0 Å². The first-order valence-corrected chi connectivity index (χ1v) is 5.37. The number of hydrogen-bond donors (Lipinski definition) is 0. The summed E-state index contributed by atoms with van der Waals surface area (Å²) in [6, 6.07) is 0. The number of likely N-dealkylation sites (tertiary alicyclic amines) is 1. The normalized spacial score (nSPS) is 17.0. The molecular formula is C11H23NO2. The van der Waals surface area contributed by atoms with Crippen LogP contribution in [0, 0.1) is 5.92 Å². The molecule has 0 aliphatic carbocycles. The summed E-state index contributed by atoms with van der Waals surface area (Å²) in [7, 11) is 0. The van der Waals surface area contributed by atoms with Crippen LogP contribution in [-0.4, -0.2) is 29.7 Å². The van der Waals surface area contributed by atoms with E-state index in [1.807, 2.05) is 13.8 Å². The zero-order valence-corrected chi connectivity index (χ0v) is 9.67. The molecule has 0 spiro atoms. The van der Waals surface area contributed by atoms with Gasteiger partial charge in [0.1, 0.15) is 5.78 Å². The third-order valence-electron chi connectivity index (χ3n) is 2.52. The molecule has 0 aromatic rings. The van der Waals surface area contributed by atoms with Crippen LogP contribution in [0.15, 0.2) is 0 Å². The highest BCUT2D eigenvalue weighted by Gasteiger charge is 2.22. The number of Topliss-reactive ketones (excluding diaryl/α,β-unsaturated/α-hetero) is 1. The van der Waals surface area contributed by atoms with Crippen molar-refractivity contribution in [2.24, 2.45) is 5.92 Å². The molecule has 1 rings (SSSR count). The maximum atomic E-state index is 11.0. The lowest BCUT2D eigenvalue weighted by Gasteiger charge is -2.29. The van der Waals surface area contributed by atoms with E-state index in [4.69, 9.17) is 0 Å². The van der Waals surface area contributed by atoms with E-state index in [9.17, 15) is 9.59 Å². The molecule has 1 amide bonds. The van der Waals surface area contributed by atoms with E-state index in [1.54, 1.807) is 18.7 Å². The molecule has 0 aromatic carbocycles. The molecule has 0 saturated carbocycles. The van der Waals surface area contributed by atoms with Crippen molar-refractivity contribution < 1.29 is 11.0 Å². The topological polar surface area (TPSA) is 37.4 Å². The van der Waals surface area contributed by atoms with E-state index >= 15 is 0 Å². The Balaban J connectivity index is 0. The molecule has 1 heterocycles. The highest BCUT2D eigenvalue weighted by Crippen LogP contribution is 2.17. The fourth-order valence-electron chi connectivity index (χ4n) is 1.60. The summed E-state index contributed by atoms with van der Waals surface area (Å²) in [5, 5.41) is 0. The summed E-state index contributed by atoms with van der Waals surface area (Å²) in [5.41, 5.74) is 0. The second-order valence-electron chi connectivity index (χ2n) is 3.39. The predicted molar refractivity (Wildman–Crippen MR) is 59.1 cm³/mol. The Morgan fingerprint density at radius 1 is 1.14 bits per heavy atom. The van der Waals surface area contributed by atoms with Gasteiger partial charge in [0.05, 0.1) is 0 Å². The third-order valence-corrected chi connectivity index (χ3v) is 2.52. The molecule has 3 nitrogen and oxygen atoms in total. The van der Waals surface area contributed by atoms with Crippen molar-refractivity contribution in [1.82, 2.24) is 4.90 Å². The number of piperidine rings is 1. The molecule has 0 aromatic heterocycles. The average Bonchev–Trinajstić information content (AvgIpc) is 2.21. The number of hydrogen-bond acceptors (Lipinski definition) is 2. The first-order valence-electron chi connectivity index (χ1n) is 5.37. The molecule has 0 atom stereocenters. The Kier molecular flexibility index (Phi) is 6.17. The van der Waals surface area contributed by atoms with Gasteiger partial charge < -0.3 is 4.90 Å². The summed E-state index contributed by atoms with van der Waals surface area (Å²) >= 11 is 0. The van der Waals surface area contributed by atoms with Gasteiger partial charge >= 0.3 is 0 Å². The van der Waals surface area contributed by atoms with E-state index in [0.717, 1.165) is 25.9 Å². The van der Waals surface area contributed by atoms with Crippen LogP contribution in [0.3, 0.4) is 0 Å². The molecule has 0 unspecified atom stereocenters. The van der Waals surface area contributed by atoms with E-state index in [2.05, 4.69) is 0 Å². The van der Waals surface area contributed by atoms with Crippen molar-refractivity contribution in [3.63, 3.8) is 0 Å². The van der Waals surface area contributed by atoms with Crippen molar-refractivity contribution >= 4 is 11.7 Å². The van der Waals surface area contributed by atoms with Gasteiger partial charge in [-0.1, -0.05) is 13.8 Å². The van der Waals surface area contributed by atoms with Crippen molar-refractivity contribution in [2.75, 3.05) is 13.1 Å². The Hall–Kier alpha value is -0.860. The minimum absolute atomic E-state index is 0. The summed E-state index contributed by atoms with van der Waals surface area (Å²) in [6.07, 6.45) is 1.68. The van der Waals surface area contributed by atoms with Gasteiger partial charge in [0.2, 0.25) is 5.91 Å². The summed E-state index contributed by atoms with van der Waals surface area (Å²) in [4.78, 5) is 23.7. The van der Waals surface area contributed by atoms with Crippen LogP contribution in [0.25, 0.3) is 0 Å². The van der Waals surface area contributed by atoms with E-state index in [-0.39, 0.29) is 19.0 Å². The van der Waals surface area contributed by atoms with E-state index < -0.39 is 0 Å². The Morgan fingerprint density at radius 2 is 1.57 bits per heavy atom. The summed E-state index contributed by atoms with van der Waals surface area (Å²) in [6.45, 7) is 8.71. The van der Waals surface area contributed by atoms with Gasteiger partial charge in [-0.25, -0.2) is 0 Å². The minimum atomic E-state index is 0. The van der Waals surface area contributed by atoms with Crippen molar-refractivity contribution in [3.05, 3.63) is 0 Å². The van der Waals surface area contributed by atoms with Gasteiger partial charge in [-0.3, -0.25) is 9.59 Å². The quantitative estimate of drug-likeness (QED) is 0.651. The molecule has 1 fully saturated rings. The Labute approximate surface area is 88.0 Å². The third kappa shape index (κ3) is 3.90. The second kappa shape index (κ2) is 6.57. The molecule has 1 aliphatic heterocycles. The van der Waals surface area contributed by atoms with Crippen molar-refractivity contribution in [2.45, 2.75) is 40.5 Å². The maximum absolute atomic E-state index is 11.0. The zero-order chi connectivity index (χ0) is 11.1. The number of amides is 1. The monoisotopic (exact) mass is 201 g/mol. The van der Waals surface area contributed by atoms with Crippen molar-refractivity contribution in [3.8, 4) is 0 Å². The average molecular weight is 201 g/mol. The van der Waals surface area contributed by atoms with Gasteiger partial charge in [-0.05, 0) is 19.8 Å². The SMILES string of the molecule is CC.CC(=O)C1CCN(C(C)=O)CC1.[HH]. The molecule has 14 heavy (non-hydrogen) atoms. The smallest absolute Gasteiger partial charge is 0.219 e. The van der Waals surface area contributed by atoms with Gasteiger partial charge in [0.25, 0.3) is 0 Å². The number of carbonyl (C=O) groups is 2. The molecule has 3 heteroatoms. The number of ketones is 1. The lowest BCUT2D eigenvalue weighted by molar-refractivity contribution is -0.132. The largest absolute Gasteiger partial charge is 0.343 e. The first-order chi connectivity index (χ1) is 6.61. The van der Waals surface area contributed by atoms with Gasteiger partial charge in [0.15, 0.2) is 0 Å². The molecule has 84 valence electrons. The molecule has 1 saturated heterocycles. The first kappa shape index (κ1) is 13.1. The minimum Gasteiger partial charge on any atom is -0.343 e. The fourth-order valence-corrected chi connectivity index (χ4v) is 1.60. The number of nitrogens with zero attached hydrogens (tertiary/aromatic N) is 1. The molecule has 1 aliphatic rings. The number of rotatable bonds is 1. The second-order valence-corrected chi connectivity index (χ2v) is 3.39. The van der Waals surface area contributed by atoms with Crippen molar-refractivity contribution in [1.29, 1.82) is 0 Å².